The van der Waals surface area contributed by atoms with Crippen molar-refractivity contribution >= 4 is 23.4 Å². The van der Waals surface area contributed by atoms with Crippen LogP contribution in [0.3, 0.4) is 0 Å². The van der Waals surface area contributed by atoms with E-state index in [0.717, 1.165) is 4.90 Å². The van der Waals surface area contributed by atoms with Crippen LogP contribution in [0.25, 0.3) is 0 Å². The van der Waals surface area contributed by atoms with Gasteiger partial charge in [-0.15, -0.1) is 0 Å². The maximum absolute atomic E-state index is 13.9. The molecule has 1 saturated heterocycles. The summed E-state index contributed by atoms with van der Waals surface area (Å²) < 4.78 is 48.6. The fraction of sp³-hybridized carbons (Fsp3) is 0.458. The Bertz CT molecular complexity index is 1340. The molecule has 14 heteroatoms. The van der Waals surface area contributed by atoms with Crippen molar-refractivity contribution in [3.63, 3.8) is 0 Å². The minimum atomic E-state index is -4.48. The Morgan fingerprint density at radius 3 is 2.45 bits per heavy atom. The number of aromatic nitrogens is 5. The molecule has 2 aliphatic heterocycles. The number of pyridine rings is 1. The van der Waals surface area contributed by atoms with Crippen LogP contribution in [0.1, 0.15) is 25.8 Å². The fourth-order valence-corrected chi connectivity index (χ4v) is 4.80. The van der Waals surface area contributed by atoms with Gasteiger partial charge < -0.3 is 19.5 Å². The van der Waals surface area contributed by atoms with E-state index < -0.39 is 12.2 Å². The molecule has 0 aliphatic carbocycles. The van der Waals surface area contributed by atoms with E-state index >= 15 is 0 Å². The molecule has 0 saturated carbocycles. The normalized spacial score (nSPS) is 21.4. The van der Waals surface area contributed by atoms with Gasteiger partial charge in [0.2, 0.25) is 5.95 Å². The molecule has 3 aromatic heterocycles. The smallest absolute Gasteiger partial charge is 0.377 e. The van der Waals surface area contributed by atoms with E-state index in [1.807, 2.05) is 18.7 Å². The van der Waals surface area contributed by atoms with Crippen LogP contribution in [-0.4, -0.2) is 62.0 Å². The lowest BCUT2D eigenvalue weighted by Gasteiger charge is -2.42. The van der Waals surface area contributed by atoms with Crippen molar-refractivity contribution in [1.82, 2.24) is 24.5 Å². The Morgan fingerprint density at radius 2 is 1.87 bits per heavy atom. The first-order valence-electron chi connectivity index (χ1n) is 11.9. The quantitative estimate of drug-likeness (QED) is 0.493. The third-order valence-electron chi connectivity index (χ3n) is 6.28. The molecule has 0 unspecified atom stereocenters. The number of ether oxygens (including phenoxy) is 1. The highest BCUT2D eigenvalue weighted by atomic mass is 35.5. The Labute approximate surface area is 221 Å². The second kappa shape index (κ2) is 11.5. The van der Waals surface area contributed by atoms with Gasteiger partial charge in [0, 0.05) is 37.6 Å². The van der Waals surface area contributed by atoms with Crippen LogP contribution in [0.4, 0.5) is 24.9 Å². The van der Waals surface area contributed by atoms with Crippen molar-refractivity contribution in [2.45, 2.75) is 57.7 Å². The zero-order valence-corrected chi connectivity index (χ0v) is 21.5. The molecule has 0 amide bonds. The molecular formula is C24H27ClF3N7O3. The SMILES string of the molecule is C[C@@H]1COC[C@@H](C)N1c1cc(=O)n2c(n1)N(Cc1ccnc(Cl)c1)[C@H](C(F)(F)F)CC2.O=c1ccnc[nH]1. The van der Waals surface area contributed by atoms with Crippen LogP contribution >= 0.6 is 11.6 Å². The average Bonchev–Trinajstić information content (AvgIpc) is 2.85. The van der Waals surface area contributed by atoms with Gasteiger partial charge in [0.25, 0.3) is 11.1 Å². The first-order chi connectivity index (χ1) is 18.0. The van der Waals surface area contributed by atoms with Crippen LogP contribution in [0.2, 0.25) is 5.15 Å². The molecule has 0 radical (unpaired) electrons. The summed E-state index contributed by atoms with van der Waals surface area (Å²) in [6.45, 7) is 4.63. The number of hydrogen-bond donors (Lipinski definition) is 1. The fourth-order valence-electron chi connectivity index (χ4n) is 4.61. The second-order valence-corrected chi connectivity index (χ2v) is 9.50. The van der Waals surface area contributed by atoms with E-state index in [1.54, 1.807) is 6.07 Å². The maximum Gasteiger partial charge on any atom is 0.408 e. The van der Waals surface area contributed by atoms with Crippen molar-refractivity contribution in [3.05, 3.63) is 74.4 Å². The summed E-state index contributed by atoms with van der Waals surface area (Å²) in [6.07, 6.45) is -0.477. The number of aromatic amines is 1. The highest BCUT2D eigenvalue weighted by Crippen LogP contribution is 2.36. The zero-order chi connectivity index (χ0) is 27.4. The number of morpholine rings is 1. The van der Waals surface area contributed by atoms with Gasteiger partial charge >= 0.3 is 6.18 Å². The summed E-state index contributed by atoms with van der Waals surface area (Å²) in [4.78, 5) is 40.5. The van der Waals surface area contributed by atoms with Crippen molar-refractivity contribution in [1.29, 1.82) is 0 Å². The molecule has 0 aromatic carbocycles. The predicted molar refractivity (Wildman–Crippen MR) is 135 cm³/mol. The first-order valence-corrected chi connectivity index (χ1v) is 12.3. The van der Waals surface area contributed by atoms with Crippen molar-refractivity contribution in [2.24, 2.45) is 0 Å². The monoisotopic (exact) mass is 553 g/mol. The molecule has 5 heterocycles. The maximum atomic E-state index is 13.9. The highest BCUT2D eigenvalue weighted by molar-refractivity contribution is 6.29. The standard InChI is InChI=1S/C20H23ClF3N5O2.C4H4N2O/c1-12-10-31-11-13(2)29(12)17-8-18(30)27-6-4-15(20(22,23)24)28(19(27)26-17)9-14-3-5-25-16(21)7-14;7-4-1-2-5-3-6-4/h3,5,7-8,12-13,15H,4,6,9-11H2,1-2H3;1-3H,(H,5,6,7)/t12-,13-,15+;/m1./s1. The van der Waals surface area contributed by atoms with Gasteiger partial charge in [0.15, 0.2) is 0 Å². The molecule has 204 valence electrons. The Hall–Kier alpha value is -3.45. The van der Waals surface area contributed by atoms with Crippen LogP contribution in [0.15, 0.2) is 52.6 Å². The number of alkyl halides is 3. The molecule has 2 aliphatic rings. The van der Waals surface area contributed by atoms with E-state index in [-0.39, 0.29) is 53.8 Å². The molecule has 1 fully saturated rings. The van der Waals surface area contributed by atoms with E-state index in [1.165, 1.54) is 41.5 Å². The van der Waals surface area contributed by atoms with Gasteiger partial charge in [0.05, 0.1) is 31.6 Å². The number of nitrogens with one attached hydrogen (secondary N) is 1. The minimum Gasteiger partial charge on any atom is -0.377 e. The molecule has 0 spiro atoms. The second-order valence-electron chi connectivity index (χ2n) is 9.11. The Kier molecular flexibility index (Phi) is 8.36. The summed E-state index contributed by atoms with van der Waals surface area (Å²) >= 11 is 5.93. The van der Waals surface area contributed by atoms with E-state index in [0.29, 0.717) is 24.6 Å². The molecule has 0 bridgehead atoms. The number of hydrogen-bond acceptors (Lipinski definition) is 8. The van der Waals surface area contributed by atoms with Gasteiger partial charge in [-0.25, -0.2) is 9.97 Å². The summed E-state index contributed by atoms with van der Waals surface area (Å²) in [5.74, 6) is 0.370. The molecule has 10 nitrogen and oxygen atoms in total. The number of halogens is 4. The van der Waals surface area contributed by atoms with Crippen molar-refractivity contribution < 1.29 is 17.9 Å². The van der Waals surface area contributed by atoms with Crippen molar-refractivity contribution in [3.8, 4) is 0 Å². The van der Waals surface area contributed by atoms with Gasteiger partial charge in [-0.05, 0) is 38.0 Å². The number of H-pyrrole nitrogens is 1. The molecule has 5 rings (SSSR count). The molecule has 3 aromatic rings. The van der Waals surface area contributed by atoms with Gasteiger partial charge in [0.1, 0.15) is 17.0 Å². The summed E-state index contributed by atoms with van der Waals surface area (Å²) in [5.41, 5.74) is 0.0646. The lowest BCUT2D eigenvalue weighted by atomic mass is 10.1. The number of nitrogens with zero attached hydrogens (tertiary/aromatic N) is 6. The van der Waals surface area contributed by atoms with E-state index in [2.05, 4.69) is 19.9 Å². The topological polar surface area (TPSA) is 109 Å². The predicted octanol–water partition coefficient (Wildman–Crippen LogP) is 3.02. The van der Waals surface area contributed by atoms with Crippen LogP contribution in [0, 0.1) is 0 Å². The minimum absolute atomic E-state index is 0.00917. The van der Waals surface area contributed by atoms with E-state index in [4.69, 9.17) is 16.3 Å². The summed E-state index contributed by atoms with van der Waals surface area (Å²) in [7, 11) is 0. The van der Waals surface area contributed by atoms with Gasteiger partial charge in [-0.1, -0.05) is 11.6 Å². The summed E-state index contributed by atoms with van der Waals surface area (Å²) in [5, 5.41) is 0.188. The average molecular weight is 554 g/mol. The largest absolute Gasteiger partial charge is 0.408 e. The number of fused-ring (bicyclic) bond motifs is 1. The third-order valence-corrected chi connectivity index (χ3v) is 6.49. The Balaban J connectivity index is 0.000000417. The van der Waals surface area contributed by atoms with Crippen LogP contribution < -0.4 is 20.9 Å². The lowest BCUT2D eigenvalue weighted by Crippen LogP contribution is -2.53. The summed E-state index contributed by atoms with van der Waals surface area (Å²) in [6, 6.07) is 3.99. The number of anilines is 2. The Morgan fingerprint density at radius 1 is 1.13 bits per heavy atom. The van der Waals surface area contributed by atoms with Gasteiger partial charge in [-0.2, -0.15) is 18.2 Å². The zero-order valence-electron chi connectivity index (χ0n) is 20.7. The van der Waals surface area contributed by atoms with Crippen LogP contribution in [-0.2, 0) is 17.8 Å². The highest BCUT2D eigenvalue weighted by Gasteiger charge is 2.47. The molecule has 1 N–H and O–H groups in total. The van der Waals surface area contributed by atoms with Crippen LogP contribution in [0.5, 0.6) is 0 Å². The first kappa shape index (κ1) is 27.6. The molecule has 38 heavy (non-hydrogen) atoms. The molecule has 3 atom stereocenters. The lowest BCUT2D eigenvalue weighted by molar-refractivity contribution is -0.153. The van der Waals surface area contributed by atoms with Crippen molar-refractivity contribution in [2.75, 3.05) is 23.0 Å². The van der Waals surface area contributed by atoms with E-state index in [9.17, 15) is 22.8 Å². The molecular weight excluding hydrogens is 527 g/mol. The third kappa shape index (κ3) is 6.33. The van der Waals surface area contributed by atoms with Gasteiger partial charge in [-0.3, -0.25) is 14.2 Å². The number of rotatable bonds is 3.